The van der Waals surface area contributed by atoms with Crippen molar-refractivity contribution < 1.29 is 28.5 Å². The lowest BCUT2D eigenvalue weighted by atomic mass is 9.70. The first-order chi connectivity index (χ1) is 16.8. The molecule has 4 rings (SSSR count). The minimum atomic E-state index is -0.634. The van der Waals surface area contributed by atoms with E-state index in [-0.39, 0.29) is 35.9 Å². The maximum absolute atomic E-state index is 13.5. The second-order valence-electron chi connectivity index (χ2n) is 12.2. The first kappa shape index (κ1) is 26.6. The molecule has 200 valence electrons. The Hall–Kier alpha value is -2.48. The zero-order valence-corrected chi connectivity index (χ0v) is 22.9. The van der Waals surface area contributed by atoms with Gasteiger partial charge in [0.25, 0.3) is 0 Å². The summed E-state index contributed by atoms with van der Waals surface area (Å²) in [6.07, 6.45) is 1.14. The van der Waals surface area contributed by atoms with Crippen molar-refractivity contribution in [1.29, 1.82) is 0 Å². The molecule has 0 spiro atoms. The SMILES string of the molecule is COc1ccc2c(c1)OC(C)(C)[C@H]1C[C@@H]3CN(C(=O)[C@H](NC(=O)OC(C)(C)C)C(C)C)CC[C@@H]3O[C@H]21. The van der Waals surface area contributed by atoms with Crippen LogP contribution in [0, 0.1) is 17.8 Å². The maximum atomic E-state index is 13.5. The van der Waals surface area contributed by atoms with Crippen LogP contribution >= 0.6 is 0 Å². The second-order valence-corrected chi connectivity index (χ2v) is 12.2. The molecule has 3 aliphatic heterocycles. The third-order valence-electron chi connectivity index (χ3n) is 7.62. The second kappa shape index (κ2) is 9.77. The third-order valence-corrected chi connectivity index (χ3v) is 7.62. The van der Waals surface area contributed by atoms with Crippen LogP contribution in [0.1, 0.15) is 73.0 Å². The summed E-state index contributed by atoms with van der Waals surface area (Å²) in [5, 5.41) is 2.81. The number of carbonyl (C=O) groups is 2. The Balaban J connectivity index is 1.47. The molecule has 36 heavy (non-hydrogen) atoms. The predicted octanol–water partition coefficient (Wildman–Crippen LogP) is 4.71. The van der Waals surface area contributed by atoms with Crippen LogP contribution in [-0.4, -0.2) is 60.4 Å². The van der Waals surface area contributed by atoms with Gasteiger partial charge in [-0.05, 0) is 65.5 Å². The van der Waals surface area contributed by atoms with Gasteiger partial charge in [0, 0.05) is 36.6 Å². The van der Waals surface area contributed by atoms with Crippen LogP contribution in [0.25, 0.3) is 0 Å². The van der Waals surface area contributed by atoms with Gasteiger partial charge in [-0.25, -0.2) is 4.79 Å². The number of methoxy groups -OCH3 is 1. The Morgan fingerprint density at radius 3 is 2.58 bits per heavy atom. The van der Waals surface area contributed by atoms with Crippen molar-refractivity contribution in [3.05, 3.63) is 23.8 Å². The highest BCUT2D eigenvalue weighted by Gasteiger charge is 2.52. The van der Waals surface area contributed by atoms with Crippen molar-refractivity contribution in [1.82, 2.24) is 10.2 Å². The molecule has 2 amide bonds. The highest BCUT2D eigenvalue weighted by Crippen LogP contribution is 2.53. The number of benzene rings is 1. The smallest absolute Gasteiger partial charge is 0.408 e. The van der Waals surface area contributed by atoms with E-state index in [0.29, 0.717) is 13.1 Å². The van der Waals surface area contributed by atoms with Crippen molar-refractivity contribution >= 4 is 12.0 Å². The fraction of sp³-hybridized carbons (Fsp3) is 0.714. The number of likely N-dealkylation sites (tertiary alicyclic amines) is 1. The van der Waals surface area contributed by atoms with E-state index in [2.05, 4.69) is 25.2 Å². The number of hydrogen-bond donors (Lipinski definition) is 1. The van der Waals surface area contributed by atoms with Gasteiger partial charge in [0.2, 0.25) is 5.91 Å². The number of rotatable bonds is 4. The van der Waals surface area contributed by atoms with E-state index >= 15 is 0 Å². The summed E-state index contributed by atoms with van der Waals surface area (Å²) < 4.78 is 24.0. The van der Waals surface area contributed by atoms with E-state index in [4.69, 9.17) is 18.9 Å². The number of nitrogens with one attached hydrogen (secondary N) is 1. The van der Waals surface area contributed by atoms with E-state index in [9.17, 15) is 9.59 Å². The molecule has 0 aliphatic carbocycles. The monoisotopic (exact) mass is 502 g/mol. The van der Waals surface area contributed by atoms with E-state index in [1.54, 1.807) is 7.11 Å². The van der Waals surface area contributed by atoms with Crippen LogP contribution in [0.2, 0.25) is 0 Å². The molecule has 2 fully saturated rings. The minimum absolute atomic E-state index is 0.0459. The molecule has 3 heterocycles. The molecule has 1 N–H and O–H groups in total. The van der Waals surface area contributed by atoms with Gasteiger partial charge in [0.05, 0.1) is 19.3 Å². The molecule has 0 aromatic heterocycles. The van der Waals surface area contributed by atoms with Gasteiger partial charge in [-0.3, -0.25) is 4.79 Å². The molecule has 8 heteroatoms. The van der Waals surface area contributed by atoms with E-state index in [1.807, 2.05) is 51.7 Å². The zero-order valence-electron chi connectivity index (χ0n) is 22.9. The number of piperidine rings is 1. The van der Waals surface area contributed by atoms with Gasteiger partial charge < -0.3 is 29.2 Å². The summed E-state index contributed by atoms with van der Waals surface area (Å²) in [5.74, 6) is 1.83. The standard InChI is InChI=1S/C28H42N2O6/c1-16(2)23(29-26(32)36-27(3,4)5)25(31)30-12-11-21-17(15-30)13-20-24(34-21)19-10-9-18(33-8)14-22(19)35-28(20,6)7/h9-10,14,16-17,20-21,23-24H,11-13,15H2,1-8H3,(H,29,32)/t17-,20+,21+,23-,24-/m1/s1. The number of carbonyl (C=O) groups excluding carboxylic acids is 2. The number of fused-ring (bicyclic) bond motifs is 4. The molecule has 2 saturated heterocycles. The lowest BCUT2D eigenvalue weighted by Crippen LogP contribution is -2.59. The van der Waals surface area contributed by atoms with E-state index < -0.39 is 23.3 Å². The zero-order chi connectivity index (χ0) is 26.4. The molecule has 5 atom stereocenters. The Kier molecular flexibility index (Phi) is 7.21. The largest absolute Gasteiger partial charge is 0.497 e. The summed E-state index contributed by atoms with van der Waals surface area (Å²) in [5.41, 5.74) is 0.0280. The van der Waals surface area contributed by atoms with Crippen LogP contribution in [0.4, 0.5) is 4.79 Å². The predicted molar refractivity (Wildman–Crippen MR) is 136 cm³/mol. The van der Waals surface area contributed by atoms with Crippen molar-refractivity contribution in [3.63, 3.8) is 0 Å². The molecule has 8 nitrogen and oxygen atoms in total. The van der Waals surface area contributed by atoms with Crippen LogP contribution in [-0.2, 0) is 14.3 Å². The lowest BCUT2D eigenvalue weighted by Gasteiger charge is -2.53. The van der Waals surface area contributed by atoms with Crippen molar-refractivity contribution in [3.8, 4) is 11.5 Å². The number of amides is 2. The van der Waals surface area contributed by atoms with Gasteiger partial charge in [-0.2, -0.15) is 0 Å². The van der Waals surface area contributed by atoms with E-state index in [1.165, 1.54) is 0 Å². The molecule has 3 aliphatic rings. The highest BCUT2D eigenvalue weighted by molar-refractivity contribution is 5.86. The molecule has 0 radical (unpaired) electrons. The van der Waals surface area contributed by atoms with Gasteiger partial charge in [0.1, 0.15) is 28.7 Å². The fourth-order valence-electron chi connectivity index (χ4n) is 5.76. The Bertz CT molecular complexity index is 985. The van der Waals surface area contributed by atoms with Gasteiger partial charge in [0.15, 0.2) is 0 Å². The molecule has 1 aromatic carbocycles. The quantitative estimate of drug-likeness (QED) is 0.642. The summed E-state index contributed by atoms with van der Waals surface area (Å²) in [7, 11) is 1.65. The number of nitrogens with zero attached hydrogens (tertiary/aromatic N) is 1. The Morgan fingerprint density at radius 1 is 1.22 bits per heavy atom. The number of hydrogen-bond acceptors (Lipinski definition) is 6. The van der Waals surface area contributed by atoms with Crippen LogP contribution < -0.4 is 14.8 Å². The third kappa shape index (κ3) is 5.43. The molecule has 0 bridgehead atoms. The summed E-state index contributed by atoms with van der Waals surface area (Å²) >= 11 is 0. The number of alkyl carbamates (subject to hydrolysis) is 1. The minimum Gasteiger partial charge on any atom is -0.497 e. The first-order valence-electron chi connectivity index (χ1n) is 13.1. The molecule has 0 unspecified atom stereocenters. The average molecular weight is 503 g/mol. The Labute approximate surface area is 215 Å². The van der Waals surface area contributed by atoms with Crippen LogP contribution in [0.15, 0.2) is 18.2 Å². The van der Waals surface area contributed by atoms with Crippen LogP contribution in [0.3, 0.4) is 0 Å². The highest BCUT2D eigenvalue weighted by atomic mass is 16.6. The summed E-state index contributed by atoms with van der Waals surface area (Å²) in [6.45, 7) is 14.8. The first-order valence-corrected chi connectivity index (χ1v) is 13.1. The van der Waals surface area contributed by atoms with Gasteiger partial charge in [-0.15, -0.1) is 0 Å². The van der Waals surface area contributed by atoms with Crippen molar-refractivity contribution in [2.75, 3.05) is 20.2 Å². The lowest BCUT2D eigenvalue weighted by molar-refractivity contribution is -0.189. The van der Waals surface area contributed by atoms with E-state index in [0.717, 1.165) is 29.9 Å². The summed E-state index contributed by atoms with van der Waals surface area (Å²) in [6, 6.07) is 5.31. The normalized spacial score (nSPS) is 27.6. The van der Waals surface area contributed by atoms with Gasteiger partial charge in [-0.1, -0.05) is 13.8 Å². The average Bonchev–Trinajstić information content (AvgIpc) is 2.79. The van der Waals surface area contributed by atoms with Gasteiger partial charge >= 0.3 is 6.09 Å². The summed E-state index contributed by atoms with van der Waals surface area (Å²) in [4.78, 5) is 27.8. The van der Waals surface area contributed by atoms with Crippen molar-refractivity contribution in [2.45, 2.75) is 90.8 Å². The number of ether oxygens (including phenoxy) is 4. The molecular formula is C28H42N2O6. The topological polar surface area (TPSA) is 86.3 Å². The molecule has 0 saturated carbocycles. The molecule has 1 aromatic rings. The van der Waals surface area contributed by atoms with Crippen LogP contribution in [0.5, 0.6) is 11.5 Å². The molecular weight excluding hydrogens is 460 g/mol. The van der Waals surface area contributed by atoms with Crippen molar-refractivity contribution in [2.24, 2.45) is 17.8 Å². The Morgan fingerprint density at radius 2 is 1.94 bits per heavy atom. The fourth-order valence-corrected chi connectivity index (χ4v) is 5.76. The maximum Gasteiger partial charge on any atom is 0.408 e.